The van der Waals surface area contributed by atoms with Gasteiger partial charge in [-0.05, 0) is 51.9 Å². The van der Waals surface area contributed by atoms with Crippen molar-refractivity contribution < 1.29 is 9.84 Å². The van der Waals surface area contributed by atoms with Crippen LogP contribution in [0.1, 0.15) is 44.6 Å². The summed E-state index contributed by atoms with van der Waals surface area (Å²) in [6, 6.07) is 3.82. The van der Waals surface area contributed by atoms with Gasteiger partial charge in [0.05, 0.1) is 11.6 Å². The summed E-state index contributed by atoms with van der Waals surface area (Å²) >= 11 is 3.36. The fraction of sp³-hybridized carbons (Fsp3) is 0.625. The zero-order valence-corrected chi connectivity index (χ0v) is 13.9. The van der Waals surface area contributed by atoms with Crippen LogP contribution >= 0.6 is 15.9 Å². The minimum Gasteiger partial charge on any atom is -0.503 e. The van der Waals surface area contributed by atoms with Crippen molar-refractivity contribution in [3.05, 3.63) is 22.2 Å². The summed E-state index contributed by atoms with van der Waals surface area (Å²) in [4.78, 5) is 0. The van der Waals surface area contributed by atoms with E-state index in [-0.39, 0.29) is 5.75 Å². The van der Waals surface area contributed by atoms with Gasteiger partial charge in [-0.25, -0.2) is 0 Å². The summed E-state index contributed by atoms with van der Waals surface area (Å²) < 4.78 is 5.85. The predicted octanol–water partition coefficient (Wildman–Crippen LogP) is 4.22. The lowest BCUT2D eigenvalue weighted by atomic mass is 9.76. The molecule has 1 fully saturated rings. The fourth-order valence-electron chi connectivity index (χ4n) is 2.98. The second-order valence-corrected chi connectivity index (χ2v) is 6.96. The van der Waals surface area contributed by atoms with Crippen molar-refractivity contribution in [1.29, 1.82) is 0 Å². The van der Waals surface area contributed by atoms with Gasteiger partial charge in [0.25, 0.3) is 0 Å². The third kappa shape index (κ3) is 3.89. The number of methoxy groups -OCH3 is 1. The lowest BCUT2D eigenvalue weighted by Crippen LogP contribution is -2.33. The lowest BCUT2D eigenvalue weighted by molar-refractivity contribution is 0.207. The first-order chi connectivity index (χ1) is 9.54. The van der Waals surface area contributed by atoms with Crippen molar-refractivity contribution in [1.82, 2.24) is 5.32 Å². The van der Waals surface area contributed by atoms with Crippen molar-refractivity contribution in [2.45, 2.75) is 45.6 Å². The smallest absolute Gasteiger partial charge is 0.172 e. The molecule has 0 radical (unpaired) electrons. The Morgan fingerprint density at radius 2 is 2.00 bits per heavy atom. The standard InChI is InChI=1S/C16H24BrNO2/c1-16(6-4-3-5-7-16)11-18-10-12-8-13(17)15(19)14(9-12)20-2/h8-9,18-19H,3-7,10-11H2,1-2H3. The number of halogens is 1. The number of benzene rings is 1. The summed E-state index contributed by atoms with van der Waals surface area (Å²) in [5, 5.41) is 13.4. The fourth-order valence-corrected chi connectivity index (χ4v) is 3.47. The van der Waals surface area contributed by atoms with Crippen LogP contribution in [0.2, 0.25) is 0 Å². The molecule has 3 nitrogen and oxygen atoms in total. The average molecular weight is 342 g/mol. The maximum atomic E-state index is 9.80. The molecule has 0 atom stereocenters. The first kappa shape index (κ1) is 15.6. The molecule has 0 heterocycles. The van der Waals surface area contributed by atoms with Gasteiger partial charge in [0.15, 0.2) is 11.5 Å². The van der Waals surface area contributed by atoms with Crippen LogP contribution < -0.4 is 10.1 Å². The van der Waals surface area contributed by atoms with E-state index in [9.17, 15) is 5.11 Å². The highest BCUT2D eigenvalue weighted by Gasteiger charge is 2.26. The molecule has 1 aliphatic rings. The topological polar surface area (TPSA) is 41.5 Å². The highest BCUT2D eigenvalue weighted by atomic mass is 79.9. The number of aromatic hydroxyl groups is 1. The van der Waals surface area contributed by atoms with Crippen LogP contribution in [-0.2, 0) is 6.54 Å². The van der Waals surface area contributed by atoms with Gasteiger partial charge in [0, 0.05) is 13.1 Å². The predicted molar refractivity (Wildman–Crippen MR) is 85.3 cm³/mol. The van der Waals surface area contributed by atoms with E-state index in [2.05, 4.69) is 28.2 Å². The normalized spacial score (nSPS) is 17.9. The molecule has 1 aromatic carbocycles. The molecule has 0 spiro atoms. The zero-order chi connectivity index (χ0) is 14.6. The van der Waals surface area contributed by atoms with Gasteiger partial charge < -0.3 is 15.2 Å². The number of nitrogens with one attached hydrogen (secondary N) is 1. The first-order valence-corrected chi connectivity index (χ1v) is 8.09. The maximum absolute atomic E-state index is 9.80. The van der Waals surface area contributed by atoms with E-state index >= 15 is 0 Å². The van der Waals surface area contributed by atoms with Crippen LogP contribution in [-0.4, -0.2) is 18.8 Å². The van der Waals surface area contributed by atoms with Crippen molar-refractivity contribution in [3.8, 4) is 11.5 Å². The Kier molecular flexibility index (Phi) is 5.33. The minimum absolute atomic E-state index is 0.162. The number of ether oxygens (including phenoxy) is 1. The van der Waals surface area contributed by atoms with E-state index in [1.807, 2.05) is 12.1 Å². The SMILES string of the molecule is COc1cc(CNCC2(C)CCCCC2)cc(Br)c1O. The van der Waals surface area contributed by atoms with Crippen LogP contribution in [0.5, 0.6) is 11.5 Å². The molecule has 1 aromatic rings. The Hall–Kier alpha value is -0.740. The van der Waals surface area contributed by atoms with Gasteiger partial charge in [-0.1, -0.05) is 26.2 Å². The van der Waals surface area contributed by atoms with Crippen molar-refractivity contribution in [2.75, 3.05) is 13.7 Å². The first-order valence-electron chi connectivity index (χ1n) is 7.30. The summed E-state index contributed by atoms with van der Waals surface area (Å²) in [6.45, 7) is 4.23. The molecule has 2 rings (SSSR count). The molecule has 112 valence electrons. The van der Waals surface area contributed by atoms with E-state index in [4.69, 9.17) is 4.74 Å². The van der Waals surface area contributed by atoms with E-state index in [1.54, 1.807) is 7.11 Å². The molecule has 4 heteroatoms. The van der Waals surface area contributed by atoms with Crippen LogP contribution in [0, 0.1) is 5.41 Å². The van der Waals surface area contributed by atoms with E-state index in [0.717, 1.165) is 18.7 Å². The average Bonchev–Trinajstić information content (AvgIpc) is 2.43. The van der Waals surface area contributed by atoms with Gasteiger partial charge in [-0.2, -0.15) is 0 Å². The number of phenolic OH excluding ortho intramolecular Hbond substituents is 1. The van der Waals surface area contributed by atoms with Crippen molar-refractivity contribution in [3.63, 3.8) is 0 Å². The number of phenols is 1. The van der Waals surface area contributed by atoms with Gasteiger partial charge in [0.2, 0.25) is 0 Å². The molecule has 0 bridgehead atoms. The monoisotopic (exact) mass is 341 g/mol. The summed E-state index contributed by atoms with van der Waals surface area (Å²) in [6.07, 6.45) is 6.75. The Bertz CT molecular complexity index is 456. The van der Waals surface area contributed by atoms with Gasteiger partial charge in [0.1, 0.15) is 0 Å². The highest BCUT2D eigenvalue weighted by molar-refractivity contribution is 9.10. The van der Waals surface area contributed by atoms with Gasteiger partial charge in [-0.15, -0.1) is 0 Å². The molecule has 2 N–H and O–H groups in total. The molecule has 20 heavy (non-hydrogen) atoms. The molecule has 0 saturated heterocycles. The van der Waals surface area contributed by atoms with Crippen molar-refractivity contribution >= 4 is 15.9 Å². The highest BCUT2D eigenvalue weighted by Crippen LogP contribution is 2.36. The number of rotatable bonds is 5. The Morgan fingerprint density at radius 1 is 1.30 bits per heavy atom. The molecule has 1 saturated carbocycles. The van der Waals surface area contributed by atoms with Gasteiger partial charge in [-0.3, -0.25) is 0 Å². The number of hydrogen-bond donors (Lipinski definition) is 2. The molecule has 1 aliphatic carbocycles. The molecule has 0 aliphatic heterocycles. The largest absolute Gasteiger partial charge is 0.503 e. The minimum atomic E-state index is 0.162. The second kappa shape index (κ2) is 6.81. The quantitative estimate of drug-likeness (QED) is 0.842. The Morgan fingerprint density at radius 3 is 2.65 bits per heavy atom. The van der Waals surface area contributed by atoms with Gasteiger partial charge >= 0.3 is 0 Å². The van der Waals surface area contributed by atoms with E-state index in [0.29, 0.717) is 15.6 Å². The maximum Gasteiger partial charge on any atom is 0.172 e. The number of hydrogen-bond acceptors (Lipinski definition) is 3. The Labute approximate surface area is 129 Å². The second-order valence-electron chi connectivity index (χ2n) is 6.10. The zero-order valence-electron chi connectivity index (χ0n) is 12.3. The van der Waals surface area contributed by atoms with Crippen LogP contribution in [0.3, 0.4) is 0 Å². The third-order valence-electron chi connectivity index (χ3n) is 4.25. The van der Waals surface area contributed by atoms with Crippen molar-refractivity contribution in [2.24, 2.45) is 5.41 Å². The van der Waals surface area contributed by atoms with Crippen LogP contribution in [0.15, 0.2) is 16.6 Å². The summed E-state index contributed by atoms with van der Waals surface area (Å²) in [5.74, 6) is 0.676. The van der Waals surface area contributed by atoms with E-state index < -0.39 is 0 Å². The molecular formula is C16H24BrNO2. The summed E-state index contributed by atoms with van der Waals surface area (Å²) in [5.41, 5.74) is 1.56. The van der Waals surface area contributed by atoms with Crippen LogP contribution in [0.25, 0.3) is 0 Å². The third-order valence-corrected chi connectivity index (χ3v) is 4.85. The lowest BCUT2D eigenvalue weighted by Gasteiger charge is -2.33. The molecular weight excluding hydrogens is 318 g/mol. The Balaban J connectivity index is 1.92. The summed E-state index contributed by atoms with van der Waals surface area (Å²) in [7, 11) is 1.57. The van der Waals surface area contributed by atoms with Crippen LogP contribution in [0.4, 0.5) is 0 Å². The molecule has 0 amide bonds. The molecule has 0 aromatic heterocycles. The van der Waals surface area contributed by atoms with E-state index in [1.165, 1.54) is 32.1 Å². The molecule has 0 unspecified atom stereocenters.